The Bertz CT molecular complexity index is 761. The van der Waals surface area contributed by atoms with Gasteiger partial charge in [0.05, 0.1) is 6.61 Å². The maximum atomic E-state index is 11.8. The zero-order valence-electron chi connectivity index (χ0n) is 17.1. The first kappa shape index (κ1) is 22.2. The van der Waals surface area contributed by atoms with E-state index in [-0.39, 0.29) is 6.03 Å². The third kappa shape index (κ3) is 8.66. The second-order valence-electron chi connectivity index (χ2n) is 6.57. The van der Waals surface area contributed by atoms with Crippen LogP contribution in [0.1, 0.15) is 31.4 Å². The molecule has 7 heteroatoms. The predicted octanol–water partition coefficient (Wildman–Crippen LogP) is 3.97. The van der Waals surface area contributed by atoms with Gasteiger partial charge in [0.15, 0.2) is 0 Å². The van der Waals surface area contributed by atoms with Gasteiger partial charge in [-0.3, -0.25) is 5.32 Å². The van der Waals surface area contributed by atoms with Crippen molar-refractivity contribution in [1.29, 1.82) is 0 Å². The second kappa shape index (κ2) is 12.4. The number of nitrogens with one attached hydrogen (secondary N) is 4. The molecule has 0 aliphatic rings. The smallest absolute Gasteiger partial charge is 0.411 e. The van der Waals surface area contributed by atoms with E-state index in [0.717, 1.165) is 42.7 Å². The third-order valence-electron chi connectivity index (χ3n) is 4.10. The largest absolute Gasteiger partial charge is 0.449 e. The molecule has 7 nitrogen and oxygen atoms in total. The van der Waals surface area contributed by atoms with Gasteiger partial charge < -0.3 is 20.7 Å². The Hall–Kier alpha value is -3.06. The minimum atomic E-state index is -0.437. The van der Waals surface area contributed by atoms with E-state index in [0.29, 0.717) is 18.8 Å². The van der Waals surface area contributed by atoms with Gasteiger partial charge in [-0.15, -0.1) is 0 Å². The number of carbonyl (C=O) groups excluding carboxylic acids is 2. The molecule has 0 bridgehead atoms. The molecule has 0 heterocycles. The van der Waals surface area contributed by atoms with Gasteiger partial charge in [-0.25, -0.2) is 9.59 Å². The van der Waals surface area contributed by atoms with Gasteiger partial charge in [-0.1, -0.05) is 38.1 Å². The van der Waals surface area contributed by atoms with E-state index in [2.05, 4.69) is 21.3 Å². The molecule has 0 radical (unpaired) electrons. The summed E-state index contributed by atoms with van der Waals surface area (Å²) >= 11 is 0. The number of urea groups is 1. The number of amides is 3. The zero-order chi connectivity index (χ0) is 20.9. The van der Waals surface area contributed by atoms with Crippen molar-refractivity contribution in [2.45, 2.75) is 26.7 Å². The Morgan fingerprint density at radius 1 is 0.828 bits per heavy atom. The van der Waals surface area contributed by atoms with Gasteiger partial charge >= 0.3 is 12.1 Å². The lowest BCUT2D eigenvalue weighted by molar-refractivity contribution is 0.161. The minimum Gasteiger partial charge on any atom is -0.449 e. The number of hydrogen-bond donors (Lipinski definition) is 4. The number of likely N-dealkylation sites (N-methyl/N-ethyl adjacent to an activating group) is 1. The van der Waals surface area contributed by atoms with E-state index in [1.54, 1.807) is 0 Å². The molecule has 2 rings (SSSR count). The first-order valence-corrected chi connectivity index (χ1v) is 9.98. The standard InChI is InChI=1S/C22H30N4O3/c1-3-15-29-22(28)26-20-11-7-18(8-12-20)16-17-5-9-19(10-6-17)25-21(27)24-14-13-23-4-2/h5-12,23H,3-4,13-16H2,1-2H3,(H,26,28)(H2,24,25,27). The highest BCUT2D eigenvalue weighted by molar-refractivity contribution is 5.89. The molecule has 0 atom stereocenters. The van der Waals surface area contributed by atoms with Crippen LogP contribution in [-0.4, -0.2) is 38.4 Å². The van der Waals surface area contributed by atoms with Crippen LogP contribution in [0.15, 0.2) is 48.5 Å². The van der Waals surface area contributed by atoms with E-state index in [4.69, 9.17) is 4.74 Å². The van der Waals surface area contributed by atoms with Gasteiger partial charge in [0.1, 0.15) is 0 Å². The molecular weight excluding hydrogens is 368 g/mol. The van der Waals surface area contributed by atoms with E-state index in [1.165, 1.54) is 0 Å². The Morgan fingerprint density at radius 3 is 1.97 bits per heavy atom. The Labute approximate surface area is 172 Å². The van der Waals surface area contributed by atoms with Gasteiger partial charge in [-0.05, 0) is 54.8 Å². The van der Waals surface area contributed by atoms with Crippen molar-refractivity contribution in [3.63, 3.8) is 0 Å². The molecule has 156 valence electrons. The quantitative estimate of drug-likeness (QED) is 0.456. The second-order valence-corrected chi connectivity index (χ2v) is 6.57. The average molecular weight is 399 g/mol. The number of anilines is 2. The molecule has 0 saturated carbocycles. The van der Waals surface area contributed by atoms with E-state index < -0.39 is 6.09 Å². The van der Waals surface area contributed by atoms with Crippen molar-refractivity contribution in [3.8, 4) is 0 Å². The van der Waals surface area contributed by atoms with Crippen molar-refractivity contribution in [1.82, 2.24) is 10.6 Å². The van der Waals surface area contributed by atoms with Crippen LogP contribution in [0.4, 0.5) is 21.0 Å². The van der Waals surface area contributed by atoms with Gasteiger partial charge in [-0.2, -0.15) is 0 Å². The topological polar surface area (TPSA) is 91.5 Å². The van der Waals surface area contributed by atoms with Gasteiger partial charge in [0.2, 0.25) is 0 Å². The molecule has 4 N–H and O–H groups in total. The van der Waals surface area contributed by atoms with Gasteiger partial charge in [0, 0.05) is 24.5 Å². The summed E-state index contributed by atoms with van der Waals surface area (Å²) in [5.41, 5.74) is 3.71. The summed E-state index contributed by atoms with van der Waals surface area (Å²) in [6, 6.07) is 15.2. The van der Waals surface area contributed by atoms with Crippen LogP contribution >= 0.6 is 0 Å². The molecule has 3 amide bonds. The van der Waals surface area contributed by atoms with E-state index in [1.807, 2.05) is 62.4 Å². The van der Waals surface area contributed by atoms with Crippen molar-refractivity contribution >= 4 is 23.5 Å². The fourth-order valence-electron chi connectivity index (χ4n) is 2.61. The fourth-order valence-corrected chi connectivity index (χ4v) is 2.61. The summed E-state index contributed by atoms with van der Waals surface area (Å²) in [4.78, 5) is 23.4. The molecular formula is C22H30N4O3. The molecule has 0 fully saturated rings. The molecule has 0 aliphatic heterocycles. The number of hydrogen-bond acceptors (Lipinski definition) is 4. The van der Waals surface area contributed by atoms with Crippen molar-refractivity contribution in [2.75, 3.05) is 36.9 Å². The minimum absolute atomic E-state index is 0.212. The van der Waals surface area contributed by atoms with Crippen LogP contribution < -0.4 is 21.3 Å². The number of rotatable bonds is 10. The summed E-state index contributed by atoms with van der Waals surface area (Å²) < 4.78 is 5.00. The van der Waals surface area contributed by atoms with Crippen molar-refractivity contribution < 1.29 is 14.3 Å². The first-order valence-electron chi connectivity index (χ1n) is 9.98. The molecule has 0 unspecified atom stereocenters. The lowest BCUT2D eigenvalue weighted by Gasteiger charge is -2.09. The highest BCUT2D eigenvalue weighted by Crippen LogP contribution is 2.16. The fraction of sp³-hybridized carbons (Fsp3) is 0.364. The molecule has 0 aromatic heterocycles. The molecule has 0 spiro atoms. The van der Waals surface area contributed by atoms with Crippen molar-refractivity contribution in [2.24, 2.45) is 0 Å². The molecule has 0 saturated heterocycles. The highest BCUT2D eigenvalue weighted by Gasteiger charge is 2.04. The van der Waals surface area contributed by atoms with Crippen LogP contribution in [-0.2, 0) is 11.2 Å². The average Bonchev–Trinajstić information content (AvgIpc) is 2.72. The highest BCUT2D eigenvalue weighted by atomic mass is 16.5. The Kier molecular flexibility index (Phi) is 9.51. The Balaban J connectivity index is 1.80. The molecule has 2 aromatic carbocycles. The van der Waals surface area contributed by atoms with E-state index >= 15 is 0 Å². The van der Waals surface area contributed by atoms with Gasteiger partial charge in [0.25, 0.3) is 0 Å². The maximum absolute atomic E-state index is 11.8. The summed E-state index contributed by atoms with van der Waals surface area (Å²) in [6.07, 6.45) is 1.12. The lowest BCUT2D eigenvalue weighted by Crippen LogP contribution is -2.34. The molecule has 29 heavy (non-hydrogen) atoms. The SMILES string of the molecule is CCCOC(=O)Nc1ccc(Cc2ccc(NC(=O)NCCNCC)cc2)cc1. The number of benzene rings is 2. The monoisotopic (exact) mass is 398 g/mol. The number of ether oxygens (including phenoxy) is 1. The van der Waals surface area contributed by atoms with Crippen LogP contribution in [0.2, 0.25) is 0 Å². The lowest BCUT2D eigenvalue weighted by atomic mass is 10.0. The molecule has 0 aliphatic carbocycles. The summed E-state index contributed by atoms with van der Waals surface area (Å²) in [5, 5.41) is 11.5. The molecule has 2 aromatic rings. The third-order valence-corrected chi connectivity index (χ3v) is 4.10. The Morgan fingerprint density at radius 2 is 1.41 bits per heavy atom. The summed E-state index contributed by atoms with van der Waals surface area (Å²) in [7, 11) is 0. The number of carbonyl (C=O) groups is 2. The summed E-state index contributed by atoms with van der Waals surface area (Å²) in [6.45, 7) is 6.60. The van der Waals surface area contributed by atoms with Crippen LogP contribution in [0.5, 0.6) is 0 Å². The van der Waals surface area contributed by atoms with Crippen LogP contribution in [0.25, 0.3) is 0 Å². The normalized spacial score (nSPS) is 10.3. The van der Waals surface area contributed by atoms with Crippen LogP contribution in [0, 0.1) is 0 Å². The van der Waals surface area contributed by atoms with E-state index in [9.17, 15) is 9.59 Å². The maximum Gasteiger partial charge on any atom is 0.411 e. The predicted molar refractivity (Wildman–Crippen MR) is 117 cm³/mol. The summed E-state index contributed by atoms with van der Waals surface area (Å²) in [5.74, 6) is 0. The zero-order valence-corrected chi connectivity index (χ0v) is 17.1. The van der Waals surface area contributed by atoms with Crippen molar-refractivity contribution in [3.05, 3.63) is 59.7 Å². The first-order chi connectivity index (χ1) is 14.1. The van der Waals surface area contributed by atoms with Crippen LogP contribution in [0.3, 0.4) is 0 Å².